The highest BCUT2D eigenvalue weighted by Gasteiger charge is 2.35. The molecule has 18 heavy (non-hydrogen) atoms. The second-order valence-corrected chi connectivity index (χ2v) is 4.79. The molecule has 92 valence electrons. The van der Waals surface area contributed by atoms with Gasteiger partial charge in [-0.15, -0.1) is 0 Å². The van der Waals surface area contributed by atoms with Crippen molar-refractivity contribution in [1.29, 1.82) is 0 Å². The van der Waals surface area contributed by atoms with Crippen LogP contribution in [0.25, 0.3) is 0 Å². The van der Waals surface area contributed by atoms with E-state index < -0.39 is 17.0 Å². The molecule has 0 saturated carbocycles. The van der Waals surface area contributed by atoms with Gasteiger partial charge in [-0.1, -0.05) is 12.1 Å². The molecule has 4 nitrogen and oxygen atoms in total. The number of Topliss-reactive ketones (excluding diaryl/α,β-unsaturated/α-hetero) is 1. The van der Waals surface area contributed by atoms with Gasteiger partial charge in [0.05, 0.1) is 5.56 Å². The number of hydrogen-bond donors (Lipinski definition) is 1. The SMILES string of the molecule is CC(C)(C=O)C1=CC(=O)c2c(O)cccc2C1=O. The Morgan fingerprint density at radius 2 is 1.89 bits per heavy atom. The molecule has 2 rings (SSSR count). The van der Waals surface area contributed by atoms with Crippen molar-refractivity contribution in [1.82, 2.24) is 0 Å². The summed E-state index contributed by atoms with van der Waals surface area (Å²) in [5, 5.41) is 9.62. The van der Waals surface area contributed by atoms with Crippen LogP contribution in [0, 0.1) is 5.41 Å². The lowest BCUT2D eigenvalue weighted by molar-refractivity contribution is -0.113. The summed E-state index contributed by atoms with van der Waals surface area (Å²) in [7, 11) is 0. The predicted octanol–water partition coefficient (Wildman–Crippen LogP) is 1.92. The van der Waals surface area contributed by atoms with Gasteiger partial charge in [0.25, 0.3) is 0 Å². The van der Waals surface area contributed by atoms with Crippen molar-refractivity contribution in [3.63, 3.8) is 0 Å². The molecule has 0 saturated heterocycles. The number of benzene rings is 1. The maximum absolute atomic E-state index is 12.2. The molecule has 0 fully saturated rings. The molecule has 0 bridgehead atoms. The molecule has 0 radical (unpaired) electrons. The Morgan fingerprint density at radius 3 is 2.50 bits per heavy atom. The lowest BCUT2D eigenvalue weighted by Gasteiger charge is -2.24. The monoisotopic (exact) mass is 244 g/mol. The first kappa shape index (κ1) is 12.2. The van der Waals surface area contributed by atoms with Crippen molar-refractivity contribution in [3.05, 3.63) is 41.0 Å². The number of phenolic OH excluding ortho intramolecular Hbond substituents is 1. The molecule has 1 aromatic rings. The number of aromatic hydroxyl groups is 1. The van der Waals surface area contributed by atoms with Gasteiger partial charge in [0.2, 0.25) is 0 Å². The van der Waals surface area contributed by atoms with Crippen LogP contribution in [0.3, 0.4) is 0 Å². The molecular formula is C14H12O4. The van der Waals surface area contributed by atoms with Crippen molar-refractivity contribution < 1.29 is 19.5 Å². The van der Waals surface area contributed by atoms with Crippen LogP contribution in [0.5, 0.6) is 5.75 Å². The van der Waals surface area contributed by atoms with Crippen LogP contribution < -0.4 is 0 Å². The van der Waals surface area contributed by atoms with Gasteiger partial charge in [-0.2, -0.15) is 0 Å². The fourth-order valence-electron chi connectivity index (χ4n) is 1.94. The molecule has 0 aliphatic heterocycles. The number of allylic oxidation sites excluding steroid dienone is 2. The molecule has 0 heterocycles. The molecule has 0 amide bonds. The molecular weight excluding hydrogens is 232 g/mol. The number of ketones is 2. The first-order chi connectivity index (χ1) is 8.38. The van der Waals surface area contributed by atoms with Crippen molar-refractivity contribution in [2.75, 3.05) is 0 Å². The summed E-state index contributed by atoms with van der Waals surface area (Å²) in [4.78, 5) is 35.2. The molecule has 4 heteroatoms. The first-order valence-corrected chi connectivity index (χ1v) is 5.48. The van der Waals surface area contributed by atoms with Crippen LogP contribution in [-0.4, -0.2) is 23.0 Å². The third-order valence-electron chi connectivity index (χ3n) is 3.04. The summed E-state index contributed by atoms with van der Waals surface area (Å²) < 4.78 is 0. The van der Waals surface area contributed by atoms with E-state index in [1.54, 1.807) is 13.8 Å². The Hall–Kier alpha value is -2.23. The Labute approximate surface area is 104 Å². The van der Waals surface area contributed by atoms with E-state index in [9.17, 15) is 19.5 Å². The van der Waals surface area contributed by atoms with E-state index in [0.29, 0.717) is 6.29 Å². The van der Waals surface area contributed by atoms with Crippen molar-refractivity contribution in [3.8, 4) is 5.75 Å². The molecule has 0 aromatic heterocycles. The van der Waals surface area contributed by atoms with Crippen LogP contribution in [-0.2, 0) is 4.79 Å². The highest BCUT2D eigenvalue weighted by Crippen LogP contribution is 2.34. The van der Waals surface area contributed by atoms with Crippen molar-refractivity contribution >= 4 is 17.9 Å². The second-order valence-electron chi connectivity index (χ2n) is 4.79. The molecule has 0 atom stereocenters. The zero-order valence-corrected chi connectivity index (χ0v) is 10.1. The van der Waals surface area contributed by atoms with Crippen molar-refractivity contribution in [2.24, 2.45) is 5.41 Å². The number of aldehydes is 1. The highest BCUT2D eigenvalue weighted by molar-refractivity contribution is 6.26. The Bertz CT molecular complexity index is 594. The van der Waals surface area contributed by atoms with Crippen LogP contribution in [0.1, 0.15) is 34.6 Å². The Balaban J connectivity index is 2.66. The van der Waals surface area contributed by atoms with Gasteiger partial charge in [-0.3, -0.25) is 9.59 Å². The minimum absolute atomic E-state index is 0.00736. The molecule has 0 spiro atoms. The summed E-state index contributed by atoms with van der Waals surface area (Å²) in [6, 6.07) is 4.33. The van der Waals surface area contributed by atoms with E-state index in [2.05, 4.69) is 0 Å². The fourth-order valence-corrected chi connectivity index (χ4v) is 1.94. The van der Waals surface area contributed by atoms with Crippen molar-refractivity contribution in [2.45, 2.75) is 13.8 Å². The normalized spacial score (nSPS) is 15.1. The number of fused-ring (bicyclic) bond motifs is 1. The van der Waals surface area contributed by atoms with Gasteiger partial charge in [0.1, 0.15) is 12.0 Å². The minimum atomic E-state index is -1.02. The fraction of sp³-hybridized carbons (Fsp3) is 0.214. The van der Waals surface area contributed by atoms with Gasteiger partial charge in [-0.05, 0) is 26.0 Å². The zero-order valence-electron chi connectivity index (χ0n) is 10.1. The average molecular weight is 244 g/mol. The second kappa shape index (κ2) is 3.91. The van der Waals surface area contributed by atoms with Gasteiger partial charge in [-0.25, -0.2) is 0 Å². The maximum Gasteiger partial charge on any atom is 0.191 e. The average Bonchev–Trinajstić information content (AvgIpc) is 2.33. The summed E-state index contributed by atoms with van der Waals surface area (Å²) in [5.41, 5.74) is -0.712. The van der Waals surface area contributed by atoms with E-state index in [1.807, 2.05) is 0 Å². The predicted molar refractivity (Wildman–Crippen MR) is 64.7 cm³/mol. The standard InChI is InChI=1S/C14H12O4/c1-14(2,7-15)9-6-11(17)12-8(13(9)18)4-3-5-10(12)16/h3-7,16H,1-2H3. The largest absolute Gasteiger partial charge is 0.507 e. The molecule has 0 unspecified atom stereocenters. The smallest absolute Gasteiger partial charge is 0.191 e. The van der Waals surface area contributed by atoms with Gasteiger partial charge < -0.3 is 9.90 Å². The number of carbonyl (C=O) groups excluding carboxylic acids is 3. The molecule has 1 aliphatic carbocycles. The third kappa shape index (κ3) is 1.66. The quantitative estimate of drug-likeness (QED) is 0.807. The van der Waals surface area contributed by atoms with Crippen LogP contribution in [0.4, 0.5) is 0 Å². The summed E-state index contributed by atoms with van der Waals surface area (Å²) >= 11 is 0. The van der Waals surface area contributed by atoms with E-state index in [-0.39, 0.29) is 22.4 Å². The van der Waals surface area contributed by atoms with Crippen LogP contribution >= 0.6 is 0 Å². The van der Waals surface area contributed by atoms with Crippen LogP contribution in [0.15, 0.2) is 29.8 Å². The maximum atomic E-state index is 12.2. The zero-order chi connectivity index (χ0) is 13.5. The summed E-state index contributed by atoms with van der Waals surface area (Å²) in [6.45, 7) is 3.15. The number of carbonyl (C=O) groups is 3. The van der Waals surface area contributed by atoms with Gasteiger partial charge in [0, 0.05) is 16.6 Å². The lowest BCUT2D eigenvalue weighted by atomic mass is 9.76. The number of rotatable bonds is 2. The van der Waals surface area contributed by atoms with E-state index >= 15 is 0 Å². The van der Waals surface area contributed by atoms with E-state index in [4.69, 9.17) is 0 Å². The third-order valence-corrected chi connectivity index (χ3v) is 3.04. The van der Waals surface area contributed by atoms with E-state index in [1.165, 1.54) is 18.2 Å². The van der Waals surface area contributed by atoms with Gasteiger partial charge in [0.15, 0.2) is 11.6 Å². The number of phenols is 1. The molecule has 1 aromatic carbocycles. The Morgan fingerprint density at radius 1 is 1.22 bits per heavy atom. The lowest BCUT2D eigenvalue weighted by Crippen LogP contribution is -2.28. The topological polar surface area (TPSA) is 71.4 Å². The molecule has 1 N–H and O–H groups in total. The van der Waals surface area contributed by atoms with Crippen LogP contribution in [0.2, 0.25) is 0 Å². The Kier molecular flexibility index (Phi) is 2.66. The highest BCUT2D eigenvalue weighted by atomic mass is 16.3. The summed E-state index contributed by atoms with van der Waals surface area (Å²) in [6.07, 6.45) is 1.77. The van der Waals surface area contributed by atoms with E-state index in [0.717, 1.165) is 6.08 Å². The summed E-state index contributed by atoms with van der Waals surface area (Å²) in [5.74, 6) is -1.06. The first-order valence-electron chi connectivity index (χ1n) is 5.48. The molecule has 1 aliphatic rings. The minimum Gasteiger partial charge on any atom is -0.507 e. The van der Waals surface area contributed by atoms with Gasteiger partial charge >= 0.3 is 0 Å². The number of hydrogen-bond acceptors (Lipinski definition) is 4.